The molecule has 0 unspecified atom stereocenters. The molecule has 0 aromatic heterocycles. The molecule has 0 rings (SSSR count). The van der Waals surface area contributed by atoms with E-state index in [4.69, 9.17) is 9.59 Å². The Hall–Kier alpha value is 8.05. The maximum absolute atomic E-state index is 10.5. The number of rotatable bonds is 0. The zero-order valence-corrected chi connectivity index (χ0v) is 30.4. The first-order valence-electron chi connectivity index (χ1n) is 2.42. The van der Waals surface area contributed by atoms with Crippen molar-refractivity contribution in [3.63, 3.8) is 0 Å². The maximum Gasteiger partial charge on any atom is 1.00 e. The third-order valence-electron chi connectivity index (χ3n) is 0.446. The van der Waals surface area contributed by atoms with Gasteiger partial charge in [0.15, 0.2) is 0 Å². The van der Waals surface area contributed by atoms with Gasteiger partial charge in [-0.05, 0) is 0 Å². The summed E-state index contributed by atoms with van der Waals surface area (Å²) in [4.78, 5) is 17.3. The smallest absolute Gasteiger partial charge is 1.00 e. The van der Waals surface area contributed by atoms with E-state index < -0.39 is 24.4 Å². The van der Waals surface area contributed by atoms with Crippen molar-refractivity contribution in [3.8, 4) is 0 Å². The summed E-state index contributed by atoms with van der Waals surface area (Å²) in [6, 6.07) is -6.51. The van der Waals surface area contributed by atoms with Crippen LogP contribution in [0.25, 0.3) is 0 Å². The van der Waals surface area contributed by atoms with E-state index >= 15 is 0 Å². The molecule has 0 bridgehead atoms. The zero-order valence-electron chi connectivity index (χ0n) is 19.6. The van der Waals surface area contributed by atoms with Crippen LogP contribution < -0.4 is 332 Å². The molecule has 30 heteroatoms. The van der Waals surface area contributed by atoms with Gasteiger partial charge in [-0.15, -0.1) is 0 Å². The molecule has 0 saturated heterocycles. The van der Waals surface area contributed by atoms with Crippen LogP contribution in [0.4, 0.5) is 35.1 Å². The molecule has 0 heterocycles. The van der Waals surface area contributed by atoms with E-state index in [-0.39, 0.29) is 332 Å². The molecule has 0 aliphatic heterocycles. The molecule has 2 nitrogen and oxygen atoms in total. The molecule has 0 aliphatic carbocycles. The normalized spacial score (nSPS) is 4.71. The van der Waals surface area contributed by atoms with Crippen LogP contribution in [-0.2, 0) is 9.59 Å². The van der Waals surface area contributed by atoms with Gasteiger partial charge >= 0.3 is 213 Å². The van der Waals surface area contributed by atoms with Gasteiger partial charge in [0.2, 0.25) is 0 Å². The fourth-order valence-electron chi connectivity index (χ4n) is 0. The van der Waals surface area contributed by atoms with E-state index in [2.05, 4.69) is 0 Å². The molecule has 0 amide bonds. The quantitative estimate of drug-likeness (QED) is 0.105. The maximum atomic E-state index is 10.5. The minimum atomic E-state index is -5.31. The summed E-state index contributed by atoms with van der Waals surface area (Å²) >= 11 is 0. The number of carbonyl (C=O) groups is 2. The Morgan fingerprint density at radius 3 is 0.382 bits per heavy atom. The molecule has 0 aromatic rings. The monoisotopic (exact) mass is 1030 g/mol. The Morgan fingerprint density at radius 2 is 0.382 bits per heavy atom. The van der Waals surface area contributed by atoms with Crippen molar-refractivity contribution in [1.82, 2.24) is 0 Å². The summed E-state index contributed by atoms with van der Waals surface area (Å²) in [7, 11) is 0. The van der Waals surface area contributed by atoms with E-state index in [1.54, 1.807) is 0 Å². The summed E-state index contributed by atoms with van der Waals surface area (Å²) in [6.45, 7) is 0. The first-order valence-corrected chi connectivity index (χ1v) is 2.42. The first-order chi connectivity index (χ1) is 5.89. The van der Waals surface area contributed by atoms with Gasteiger partial charge in [-0.2, -0.15) is 35.1 Å². The van der Waals surface area contributed by atoms with E-state index in [0.717, 1.165) is 0 Å². The molecule has 164 valence electrons. The van der Waals surface area contributed by atoms with Crippen molar-refractivity contribution in [3.05, 3.63) is 0 Å². The van der Waals surface area contributed by atoms with Crippen molar-refractivity contribution in [2.45, 2.75) is 12.4 Å². The summed E-state index contributed by atoms with van der Waals surface area (Å²) in [5.41, 5.74) is 0. The SMILES string of the molecule is O=C(F)C(F)(F)F.O=C(F)C(F)(F)F.[F-].[F-].[F-].[F-].[F-].[I-].[I-].[I-].[I-].[I-].[Li+].[Li+].[Li+].[Li+].[Li+].[Li+].[Li+].[Li+].[Li+].[Li+]. The predicted octanol–water partition coefficient (Wildman–Crippen LogP) is -57.8. The molecular weight excluding hydrogens is 1030 g/mol. The third kappa shape index (κ3) is 152. The molecule has 0 atom stereocenters. The molecule has 0 saturated carbocycles. The van der Waals surface area contributed by atoms with Crippen molar-refractivity contribution in [2.24, 2.45) is 0 Å². The first kappa shape index (κ1) is 176. The molecule has 0 radical (unpaired) electrons. The van der Waals surface area contributed by atoms with Gasteiger partial charge in [0.05, 0.1) is 0 Å². The largest absolute Gasteiger partial charge is 1.00 e. The van der Waals surface area contributed by atoms with Gasteiger partial charge in [0.1, 0.15) is 0 Å². The summed E-state index contributed by atoms with van der Waals surface area (Å²) in [5.74, 6) is 0. The number of alkyl halides is 6. The van der Waals surface area contributed by atoms with Crippen LogP contribution in [0, 0.1) is 0 Å². The minimum Gasteiger partial charge on any atom is -1.00 e. The van der Waals surface area contributed by atoms with Crippen LogP contribution in [0.15, 0.2) is 0 Å². The molecule has 0 N–H and O–H groups in total. The van der Waals surface area contributed by atoms with E-state index in [1.165, 1.54) is 0 Å². The fraction of sp³-hybridized carbons (Fsp3) is 0.500. The van der Waals surface area contributed by atoms with Crippen molar-refractivity contribution < 1.29 is 377 Å². The van der Waals surface area contributed by atoms with Crippen molar-refractivity contribution >= 4 is 12.1 Å². The molecular formula is C4F13I5Li10O2. The van der Waals surface area contributed by atoms with Gasteiger partial charge < -0.3 is 143 Å². The Labute approximate surface area is 393 Å². The van der Waals surface area contributed by atoms with Crippen LogP contribution in [0.2, 0.25) is 0 Å². The third-order valence-corrected chi connectivity index (χ3v) is 0.446. The summed E-state index contributed by atoms with van der Waals surface area (Å²) < 4.78 is 83.6. The van der Waals surface area contributed by atoms with Crippen LogP contribution in [0.3, 0.4) is 0 Å². The second-order valence-corrected chi connectivity index (χ2v) is 1.54. The van der Waals surface area contributed by atoms with Gasteiger partial charge in [-0.3, -0.25) is 9.59 Å². The van der Waals surface area contributed by atoms with E-state index in [1.807, 2.05) is 0 Å². The average molecular weight is 1030 g/mol. The molecule has 0 aromatic carbocycles. The molecule has 0 fully saturated rings. The number of hydrogen-bond acceptors (Lipinski definition) is 2. The minimum absolute atomic E-state index is 0. The zero-order chi connectivity index (χ0) is 12.2. The average Bonchev–Trinajstić information content (AvgIpc) is 1.83. The van der Waals surface area contributed by atoms with Gasteiger partial charge in [-0.1, -0.05) is 0 Å². The Kier molecular flexibility index (Phi) is 503. The van der Waals surface area contributed by atoms with Crippen molar-refractivity contribution in [2.75, 3.05) is 0 Å². The second kappa shape index (κ2) is 97.0. The van der Waals surface area contributed by atoms with Crippen molar-refractivity contribution in [1.29, 1.82) is 0 Å². The number of carbonyl (C=O) groups excluding carboxylic acids is 2. The number of halogens is 18. The van der Waals surface area contributed by atoms with Crippen LogP contribution in [-0.4, -0.2) is 24.4 Å². The Bertz CT molecular complexity index is 239. The van der Waals surface area contributed by atoms with E-state index in [9.17, 15) is 35.1 Å². The van der Waals surface area contributed by atoms with Gasteiger partial charge in [0.25, 0.3) is 0 Å². The summed E-state index contributed by atoms with van der Waals surface area (Å²) in [6.07, 6.45) is -10.6. The topological polar surface area (TPSA) is 34.1 Å². The van der Waals surface area contributed by atoms with Crippen LogP contribution in [0.5, 0.6) is 0 Å². The summed E-state index contributed by atoms with van der Waals surface area (Å²) in [5, 5.41) is 0. The fourth-order valence-corrected chi connectivity index (χ4v) is 0. The molecule has 0 spiro atoms. The predicted molar refractivity (Wildman–Crippen MR) is 24.3 cm³/mol. The standard InChI is InChI=1S/2C2F4O.5FH.5HI.10Li/c2*3-1(7)2(4,5)6;;;;;;;;;;;;;;;;;;;;/h;;10*1H;;;;;;;;;;/q;;;;;;;;;;;;10*+1/p-10. The number of hydrogen-bond donors (Lipinski definition) is 0. The van der Waals surface area contributed by atoms with Gasteiger partial charge in [0, 0.05) is 0 Å². The van der Waals surface area contributed by atoms with E-state index in [0.29, 0.717) is 0 Å². The Morgan fingerprint density at radius 1 is 0.353 bits per heavy atom. The van der Waals surface area contributed by atoms with Crippen LogP contribution in [0.1, 0.15) is 0 Å². The van der Waals surface area contributed by atoms with Crippen LogP contribution >= 0.6 is 0 Å². The Balaban J connectivity index is -0.00000000267. The molecule has 34 heavy (non-hydrogen) atoms. The van der Waals surface area contributed by atoms with Gasteiger partial charge in [-0.25, -0.2) is 0 Å². The second-order valence-electron chi connectivity index (χ2n) is 1.54. The molecule has 0 aliphatic rings.